The van der Waals surface area contributed by atoms with Crippen LogP contribution in [0.1, 0.15) is 27.7 Å². The molecule has 1 amide bonds. The maximum atomic E-state index is 11.4. The molecule has 0 aromatic carbocycles. The van der Waals surface area contributed by atoms with Crippen LogP contribution in [0.25, 0.3) is 0 Å². The highest BCUT2D eigenvalue weighted by Gasteiger charge is 2.26. The normalized spacial score (nSPS) is 18.4. The molecule has 0 spiro atoms. The summed E-state index contributed by atoms with van der Waals surface area (Å²) in [7, 11) is 0. The van der Waals surface area contributed by atoms with Gasteiger partial charge in [0, 0.05) is 25.0 Å². The van der Waals surface area contributed by atoms with Gasteiger partial charge in [0.05, 0.1) is 0 Å². The van der Waals surface area contributed by atoms with Gasteiger partial charge in [0.25, 0.3) is 0 Å². The van der Waals surface area contributed by atoms with Crippen LogP contribution >= 0.6 is 12.4 Å². The predicted molar refractivity (Wildman–Crippen MR) is 62.4 cm³/mol. The Balaban J connectivity index is 0.00000196. The third-order valence-electron chi connectivity index (χ3n) is 2.26. The molecule has 2 N–H and O–H groups in total. The molecule has 0 aromatic heterocycles. The second kappa shape index (κ2) is 5.56. The molecule has 1 heterocycles. The van der Waals surface area contributed by atoms with Crippen molar-refractivity contribution in [3.63, 3.8) is 0 Å². The number of alkyl carbamates (subject to hydrolysis) is 1. The Hall–Kier alpha value is -0.480. The van der Waals surface area contributed by atoms with Crippen LogP contribution in [-0.4, -0.2) is 30.8 Å². The quantitative estimate of drug-likeness (QED) is 0.765. The summed E-state index contributed by atoms with van der Waals surface area (Å²) in [6, 6.07) is 0.186. The van der Waals surface area contributed by atoms with E-state index in [1.165, 1.54) is 0 Å². The smallest absolute Gasteiger partial charge is 0.407 e. The van der Waals surface area contributed by atoms with Crippen LogP contribution in [0.4, 0.5) is 4.79 Å². The Morgan fingerprint density at radius 2 is 2.00 bits per heavy atom. The van der Waals surface area contributed by atoms with Crippen LogP contribution in [0.2, 0.25) is 0 Å². The first-order valence-corrected chi connectivity index (χ1v) is 5.09. The molecular weight excluding hydrogens is 216 g/mol. The van der Waals surface area contributed by atoms with Crippen molar-refractivity contribution in [1.82, 2.24) is 10.6 Å². The van der Waals surface area contributed by atoms with Crippen LogP contribution in [0.15, 0.2) is 0 Å². The largest absolute Gasteiger partial charge is 0.444 e. The van der Waals surface area contributed by atoms with E-state index in [0.29, 0.717) is 5.92 Å². The molecule has 1 atom stereocenters. The van der Waals surface area contributed by atoms with Gasteiger partial charge in [-0.15, -0.1) is 12.4 Å². The molecule has 0 aromatic rings. The number of rotatable bonds is 2. The first kappa shape index (κ1) is 14.5. The number of carbonyl (C=O) groups excluding carboxylic acids is 1. The van der Waals surface area contributed by atoms with Crippen LogP contribution in [-0.2, 0) is 4.74 Å². The zero-order valence-corrected chi connectivity index (χ0v) is 10.6. The Kier molecular flexibility index (Phi) is 5.38. The first-order valence-electron chi connectivity index (χ1n) is 5.09. The van der Waals surface area contributed by atoms with E-state index in [4.69, 9.17) is 4.74 Å². The Bertz CT molecular complexity index is 212. The molecular formula is C10H21ClN2O2. The topological polar surface area (TPSA) is 50.4 Å². The maximum absolute atomic E-state index is 11.4. The van der Waals surface area contributed by atoms with Gasteiger partial charge in [-0.2, -0.15) is 0 Å². The molecule has 1 rings (SSSR count). The van der Waals surface area contributed by atoms with Crippen molar-refractivity contribution < 1.29 is 9.53 Å². The molecule has 4 nitrogen and oxygen atoms in total. The van der Waals surface area contributed by atoms with Gasteiger partial charge in [-0.25, -0.2) is 4.79 Å². The van der Waals surface area contributed by atoms with E-state index in [-0.39, 0.29) is 24.5 Å². The molecule has 1 aliphatic rings. The molecule has 90 valence electrons. The third kappa shape index (κ3) is 5.23. The summed E-state index contributed by atoms with van der Waals surface area (Å²) >= 11 is 0. The van der Waals surface area contributed by atoms with Crippen molar-refractivity contribution in [3.8, 4) is 0 Å². The van der Waals surface area contributed by atoms with Gasteiger partial charge < -0.3 is 15.4 Å². The number of carbonyl (C=O) groups is 1. The summed E-state index contributed by atoms with van der Waals surface area (Å²) in [4.78, 5) is 11.4. The Morgan fingerprint density at radius 3 is 2.33 bits per heavy atom. The van der Waals surface area contributed by atoms with E-state index in [1.807, 2.05) is 27.7 Å². The Labute approximate surface area is 97.5 Å². The summed E-state index contributed by atoms with van der Waals surface area (Å²) in [5.74, 6) is 0.544. The monoisotopic (exact) mass is 236 g/mol. The number of ether oxygens (including phenoxy) is 1. The molecule has 0 bridgehead atoms. The summed E-state index contributed by atoms with van der Waals surface area (Å²) in [5.41, 5.74) is -0.415. The van der Waals surface area contributed by atoms with Gasteiger partial charge in [-0.05, 0) is 27.7 Å². The SMILES string of the molecule is C[C@@H](NC(=O)OC(C)(C)C)C1CNC1.Cl. The highest BCUT2D eigenvalue weighted by molar-refractivity contribution is 5.85. The lowest BCUT2D eigenvalue weighted by molar-refractivity contribution is 0.0481. The number of nitrogens with one attached hydrogen (secondary N) is 2. The van der Waals surface area contributed by atoms with Crippen molar-refractivity contribution in [3.05, 3.63) is 0 Å². The van der Waals surface area contributed by atoms with Gasteiger partial charge in [-0.3, -0.25) is 0 Å². The average Bonchev–Trinajstić information content (AvgIpc) is 1.75. The first-order chi connectivity index (χ1) is 6.38. The summed E-state index contributed by atoms with van der Waals surface area (Å²) in [6.45, 7) is 9.57. The van der Waals surface area contributed by atoms with Gasteiger partial charge in [0.15, 0.2) is 0 Å². The minimum absolute atomic E-state index is 0. The van der Waals surface area contributed by atoms with Gasteiger partial charge >= 0.3 is 6.09 Å². The number of halogens is 1. The van der Waals surface area contributed by atoms with Crippen molar-refractivity contribution >= 4 is 18.5 Å². The van der Waals surface area contributed by atoms with E-state index < -0.39 is 5.60 Å². The molecule has 1 aliphatic heterocycles. The van der Waals surface area contributed by atoms with E-state index in [1.54, 1.807) is 0 Å². The lowest BCUT2D eigenvalue weighted by Crippen LogP contribution is -2.53. The van der Waals surface area contributed by atoms with Crippen molar-refractivity contribution in [2.45, 2.75) is 39.3 Å². The van der Waals surface area contributed by atoms with E-state index in [2.05, 4.69) is 10.6 Å². The van der Waals surface area contributed by atoms with E-state index in [0.717, 1.165) is 13.1 Å². The fourth-order valence-electron chi connectivity index (χ4n) is 1.28. The second-order valence-corrected chi connectivity index (χ2v) is 4.85. The second-order valence-electron chi connectivity index (χ2n) is 4.85. The molecule has 0 radical (unpaired) electrons. The fraction of sp³-hybridized carbons (Fsp3) is 0.900. The third-order valence-corrected chi connectivity index (χ3v) is 2.26. The highest BCUT2D eigenvalue weighted by Crippen LogP contribution is 2.11. The van der Waals surface area contributed by atoms with Crippen molar-refractivity contribution in [2.75, 3.05) is 13.1 Å². The average molecular weight is 237 g/mol. The standard InChI is InChI=1S/C10H20N2O2.ClH/c1-7(8-5-11-6-8)12-9(13)14-10(2,3)4;/h7-8,11H,5-6H2,1-4H3,(H,12,13);1H/t7-;/m1./s1. The summed E-state index contributed by atoms with van der Waals surface area (Å²) in [6.07, 6.45) is -0.322. The van der Waals surface area contributed by atoms with E-state index >= 15 is 0 Å². The summed E-state index contributed by atoms with van der Waals surface area (Å²) in [5, 5.41) is 6.01. The molecule has 0 unspecified atom stereocenters. The van der Waals surface area contributed by atoms with Crippen LogP contribution in [0.3, 0.4) is 0 Å². The fourth-order valence-corrected chi connectivity index (χ4v) is 1.28. The minimum Gasteiger partial charge on any atom is -0.444 e. The van der Waals surface area contributed by atoms with Crippen LogP contribution in [0.5, 0.6) is 0 Å². The zero-order valence-electron chi connectivity index (χ0n) is 9.79. The number of hydrogen-bond acceptors (Lipinski definition) is 3. The Morgan fingerprint density at radius 1 is 1.47 bits per heavy atom. The maximum Gasteiger partial charge on any atom is 0.407 e. The van der Waals surface area contributed by atoms with Crippen molar-refractivity contribution in [2.24, 2.45) is 5.92 Å². The highest BCUT2D eigenvalue weighted by atomic mass is 35.5. The lowest BCUT2D eigenvalue weighted by atomic mass is 9.95. The minimum atomic E-state index is -0.415. The molecule has 1 fully saturated rings. The molecule has 0 aliphatic carbocycles. The van der Waals surface area contributed by atoms with Gasteiger partial charge in [-0.1, -0.05) is 0 Å². The van der Waals surface area contributed by atoms with Gasteiger partial charge in [0.2, 0.25) is 0 Å². The molecule has 0 saturated carbocycles. The molecule has 5 heteroatoms. The van der Waals surface area contributed by atoms with Crippen molar-refractivity contribution in [1.29, 1.82) is 0 Å². The number of hydrogen-bond donors (Lipinski definition) is 2. The van der Waals surface area contributed by atoms with Gasteiger partial charge in [0.1, 0.15) is 5.60 Å². The van der Waals surface area contributed by atoms with Crippen LogP contribution in [0, 0.1) is 5.92 Å². The lowest BCUT2D eigenvalue weighted by Gasteiger charge is -2.33. The van der Waals surface area contributed by atoms with Crippen LogP contribution < -0.4 is 10.6 Å². The summed E-state index contributed by atoms with van der Waals surface area (Å²) < 4.78 is 5.16. The molecule has 15 heavy (non-hydrogen) atoms. The molecule has 1 saturated heterocycles. The zero-order chi connectivity index (χ0) is 10.8. The number of amides is 1. The van der Waals surface area contributed by atoms with E-state index in [9.17, 15) is 4.79 Å². The predicted octanol–water partition coefficient (Wildman–Crippen LogP) is 1.54.